The summed E-state index contributed by atoms with van der Waals surface area (Å²) in [5, 5.41) is 0. The maximum absolute atomic E-state index is 8.74. The van der Waals surface area contributed by atoms with Gasteiger partial charge < -0.3 is 5.73 Å². The zero-order chi connectivity index (χ0) is 12.4. The minimum atomic E-state index is -4.67. The predicted octanol–water partition coefficient (Wildman–Crippen LogP) is -1.70. The second-order valence-electron chi connectivity index (χ2n) is 1.30. The van der Waals surface area contributed by atoms with Crippen molar-refractivity contribution in [2.75, 3.05) is 7.05 Å². The number of nitrogens with two attached hydrogens (primary N) is 1. The molecule has 0 aromatic rings. The lowest BCUT2D eigenvalue weighted by Crippen LogP contribution is -1.89. The molecule has 0 unspecified atom stereocenters. The third-order valence-electron chi connectivity index (χ3n) is 0.149. The summed E-state index contributed by atoms with van der Waals surface area (Å²) in [7, 11) is -7.71. The molecule has 0 amide bonds. The van der Waals surface area contributed by atoms with Gasteiger partial charge in [-0.3, -0.25) is 23.2 Å². The lowest BCUT2D eigenvalue weighted by Gasteiger charge is -1.68. The van der Waals surface area contributed by atoms with Crippen LogP contribution in [0.3, 0.4) is 0 Å². The Bertz CT molecular complexity index is 276. The fraction of sp³-hybridized carbons (Fsp3) is 0.500. The van der Waals surface area contributed by atoms with Crippen molar-refractivity contribution in [3.8, 4) is 0 Å². The Kier molecular flexibility index (Phi) is 11.9. The smallest absolute Gasteiger partial charge is 0.390 e. The Morgan fingerprint density at radius 1 is 1.00 bits per heavy atom. The molecule has 0 atom stereocenters. The Balaban J connectivity index is -0.000000131. The molecular formula is C2H10N2O8S2. The van der Waals surface area contributed by atoms with E-state index in [9.17, 15) is 0 Å². The van der Waals surface area contributed by atoms with Crippen LogP contribution in [0.4, 0.5) is 0 Å². The van der Waals surface area contributed by atoms with Crippen LogP contribution in [-0.2, 0) is 20.8 Å². The van der Waals surface area contributed by atoms with Crippen LogP contribution >= 0.6 is 0 Å². The van der Waals surface area contributed by atoms with Gasteiger partial charge in [-0.1, -0.05) is 0 Å². The lowest BCUT2D eigenvalue weighted by atomic mass is 11.3. The second-order valence-corrected chi connectivity index (χ2v) is 3.09. The van der Waals surface area contributed by atoms with E-state index in [0.717, 1.165) is 0 Å². The molecule has 6 N–H and O–H groups in total. The minimum absolute atomic E-state index is 1.25. The SMILES string of the molecule is CN=CN.O=S(=O)(O)O.O=S(=O)(O)O. The van der Waals surface area contributed by atoms with Crippen molar-refractivity contribution >= 4 is 27.1 Å². The lowest BCUT2D eigenvalue weighted by molar-refractivity contribution is 0.378. The Hall–Kier alpha value is -0.790. The van der Waals surface area contributed by atoms with Gasteiger partial charge in [-0.15, -0.1) is 0 Å². The molecule has 0 bridgehead atoms. The molecule has 0 saturated heterocycles. The highest BCUT2D eigenvalue weighted by atomic mass is 32.3. The van der Waals surface area contributed by atoms with Crippen molar-refractivity contribution < 1.29 is 35.0 Å². The van der Waals surface area contributed by atoms with Crippen LogP contribution in [0.2, 0.25) is 0 Å². The summed E-state index contributed by atoms with van der Waals surface area (Å²) in [6.45, 7) is 0. The Morgan fingerprint density at radius 3 is 1.07 bits per heavy atom. The molecule has 0 fully saturated rings. The van der Waals surface area contributed by atoms with Crippen LogP contribution < -0.4 is 5.73 Å². The monoisotopic (exact) mass is 254 g/mol. The van der Waals surface area contributed by atoms with Gasteiger partial charge in [0.15, 0.2) is 0 Å². The van der Waals surface area contributed by atoms with E-state index in [0.29, 0.717) is 0 Å². The standard InChI is InChI=1S/C2H6N2.2H2O4S/c1-4-2-3;2*1-5(2,3)4/h2H,1H3,(H2,3,4);2*(H2,1,2,3,4). The van der Waals surface area contributed by atoms with Crippen LogP contribution in [0.1, 0.15) is 0 Å². The zero-order valence-corrected chi connectivity index (χ0v) is 8.47. The first-order chi connectivity index (χ1) is 5.91. The third kappa shape index (κ3) is 26500. The minimum Gasteiger partial charge on any atom is -0.390 e. The molecule has 14 heavy (non-hydrogen) atoms. The molecule has 0 aliphatic rings. The predicted molar refractivity (Wildman–Crippen MR) is 47.0 cm³/mol. The molecule has 0 heterocycles. The normalized spacial score (nSPS) is 10.9. The summed E-state index contributed by atoms with van der Waals surface area (Å²) in [6, 6.07) is 0. The van der Waals surface area contributed by atoms with Crippen molar-refractivity contribution in [1.82, 2.24) is 0 Å². The van der Waals surface area contributed by atoms with E-state index in [4.69, 9.17) is 40.8 Å². The quantitative estimate of drug-likeness (QED) is 0.190. The van der Waals surface area contributed by atoms with Gasteiger partial charge in [0.2, 0.25) is 0 Å². The summed E-state index contributed by atoms with van der Waals surface area (Å²) in [4.78, 5) is 3.39. The van der Waals surface area contributed by atoms with Gasteiger partial charge in [0.1, 0.15) is 0 Å². The van der Waals surface area contributed by atoms with E-state index in [2.05, 4.69) is 4.99 Å². The maximum atomic E-state index is 8.74. The highest BCUT2D eigenvalue weighted by molar-refractivity contribution is 7.80. The summed E-state index contributed by atoms with van der Waals surface area (Å²) < 4.78 is 63.2. The molecule has 0 rings (SSSR count). The van der Waals surface area contributed by atoms with Gasteiger partial charge in [-0.05, 0) is 0 Å². The number of nitrogens with zero attached hydrogens (tertiary/aromatic N) is 1. The molecule has 0 radical (unpaired) electrons. The van der Waals surface area contributed by atoms with Crippen LogP contribution in [0, 0.1) is 0 Å². The first kappa shape index (κ1) is 18.9. The molecule has 0 spiro atoms. The molecule has 0 aromatic heterocycles. The molecule has 0 aliphatic heterocycles. The summed E-state index contributed by atoms with van der Waals surface area (Å²) in [5.74, 6) is 0. The number of hydrogen-bond donors (Lipinski definition) is 5. The zero-order valence-electron chi connectivity index (χ0n) is 6.84. The highest BCUT2D eigenvalue weighted by Crippen LogP contribution is 1.59. The van der Waals surface area contributed by atoms with Crippen molar-refractivity contribution in [1.29, 1.82) is 0 Å². The summed E-state index contributed by atoms with van der Waals surface area (Å²) in [6.07, 6.45) is 1.25. The van der Waals surface area contributed by atoms with E-state index in [1.54, 1.807) is 7.05 Å². The van der Waals surface area contributed by atoms with Gasteiger partial charge in [0.05, 0.1) is 6.34 Å². The molecule has 0 aromatic carbocycles. The average molecular weight is 254 g/mol. The number of rotatable bonds is 0. The first-order valence-corrected chi connectivity index (χ1v) is 5.23. The van der Waals surface area contributed by atoms with Gasteiger partial charge >= 0.3 is 20.8 Å². The van der Waals surface area contributed by atoms with Crippen molar-refractivity contribution in [2.45, 2.75) is 0 Å². The highest BCUT2D eigenvalue weighted by Gasteiger charge is 1.85. The van der Waals surface area contributed by atoms with E-state index >= 15 is 0 Å². The number of aliphatic imine (C=N–C) groups is 1. The Labute approximate surface area is 80.6 Å². The third-order valence-corrected chi connectivity index (χ3v) is 0.149. The fourth-order valence-electron chi connectivity index (χ4n) is 0. The van der Waals surface area contributed by atoms with E-state index in [-0.39, 0.29) is 0 Å². The van der Waals surface area contributed by atoms with E-state index < -0.39 is 20.8 Å². The van der Waals surface area contributed by atoms with Gasteiger partial charge in [0.25, 0.3) is 0 Å². The molecule has 0 aliphatic carbocycles. The van der Waals surface area contributed by atoms with E-state index in [1.165, 1.54) is 6.34 Å². The maximum Gasteiger partial charge on any atom is 0.394 e. The van der Waals surface area contributed by atoms with Crippen molar-refractivity contribution in [2.24, 2.45) is 10.7 Å². The first-order valence-electron chi connectivity index (χ1n) is 2.44. The largest absolute Gasteiger partial charge is 0.394 e. The topological polar surface area (TPSA) is 188 Å². The molecule has 12 heteroatoms. The second kappa shape index (κ2) is 8.79. The van der Waals surface area contributed by atoms with Crippen LogP contribution in [0.5, 0.6) is 0 Å². The van der Waals surface area contributed by atoms with Crippen LogP contribution in [0.25, 0.3) is 0 Å². The van der Waals surface area contributed by atoms with Gasteiger partial charge in [0, 0.05) is 7.05 Å². The van der Waals surface area contributed by atoms with Crippen molar-refractivity contribution in [3.63, 3.8) is 0 Å². The average Bonchev–Trinajstić information content (AvgIpc) is 1.79. The van der Waals surface area contributed by atoms with Gasteiger partial charge in [-0.2, -0.15) is 16.8 Å². The number of hydrogen-bond acceptors (Lipinski definition) is 5. The van der Waals surface area contributed by atoms with Crippen molar-refractivity contribution in [3.05, 3.63) is 0 Å². The summed E-state index contributed by atoms with van der Waals surface area (Å²) in [5.41, 5.74) is 4.74. The fourth-order valence-corrected chi connectivity index (χ4v) is 0. The molecule has 10 nitrogen and oxygen atoms in total. The Morgan fingerprint density at radius 2 is 1.07 bits per heavy atom. The van der Waals surface area contributed by atoms with Crippen LogP contribution in [0.15, 0.2) is 4.99 Å². The summed E-state index contributed by atoms with van der Waals surface area (Å²) >= 11 is 0. The molecule has 0 saturated carbocycles. The van der Waals surface area contributed by atoms with Gasteiger partial charge in [-0.25, -0.2) is 0 Å². The van der Waals surface area contributed by atoms with E-state index in [1.807, 2.05) is 0 Å². The van der Waals surface area contributed by atoms with Crippen LogP contribution in [-0.4, -0.2) is 48.4 Å². The molecule has 88 valence electrons. The molecular weight excluding hydrogens is 244 g/mol.